The Morgan fingerprint density at radius 1 is 1.25 bits per heavy atom. The number of para-hydroxylation sites is 1. The lowest BCUT2D eigenvalue weighted by Crippen LogP contribution is -2.33. The van der Waals surface area contributed by atoms with Crippen molar-refractivity contribution in [1.82, 2.24) is 5.43 Å². The monoisotopic (exact) mass is 346 g/mol. The van der Waals surface area contributed by atoms with Gasteiger partial charge in [0.1, 0.15) is 11.5 Å². The summed E-state index contributed by atoms with van der Waals surface area (Å²) in [5.41, 5.74) is 4.08. The maximum absolute atomic E-state index is 12.1. The van der Waals surface area contributed by atoms with E-state index in [-0.39, 0.29) is 5.91 Å². The maximum Gasteiger partial charge on any atom is 0.280 e. The molecule has 2 aromatic rings. The van der Waals surface area contributed by atoms with Crippen LogP contribution in [0.15, 0.2) is 47.6 Å². The van der Waals surface area contributed by atoms with Gasteiger partial charge in [0.25, 0.3) is 5.91 Å². The van der Waals surface area contributed by atoms with E-state index in [4.69, 9.17) is 21.1 Å². The smallest absolute Gasteiger partial charge is 0.280 e. The number of carbonyl (C=O) groups excluding carboxylic acids is 1. The summed E-state index contributed by atoms with van der Waals surface area (Å²) in [5, 5.41) is 4.57. The molecule has 0 aliphatic heterocycles. The van der Waals surface area contributed by atoms with Crippen molar-refractivity contribution in [2.45, 2.75) is 20.0 Å². The van der Waals surface area contributed by atoms with Crippen LogP contribution in [0.25, 0.3) is 0 Å². The predicted octanol–water partition coefficient (Wildman–Crippen LogP) is 3.57. The average Bonchev–Trinajstić information content (AvgIpc) is 2.57. The highest BCUT2D eigenvalue weighted by Gasteiger charge is 2.15. The van der Waals surface area contributed by atoms with E-state index in [9.17, 15) is 4.79 Å². The van der Waals surface area contributed by atoms with E-state index in [1.165, 1.54) is 6.21 Å². The molecular formula is C18H19ClN2O3. The molecule has 0 aliphatic carbocycles. The fraction of sp³-hybridized carbons (Fsp3) is 0.222. The quantitative estimate of drug-likeness (QED) is 0.642. The second-order valence-corrected chi connectivity index (χ2v) is 5.58. The summed E-state index contributed by atoms with van der Waals surface area (Å²) in [5.74, 6) is 0.933. The molecule has 0 aliphatic rings. The van der Waals surface area contributed by atoms with Crippen LogP contribution in [-0.4, -0.2) is 25.3 Å². The molecule has 6 heteroatoms. The van der Waals surface area contributed by atoms with Gasteiger partial charge in [-0.3, -0.25) is 4.79 Å². The normalized spacial score (nSPS) is 12.0. The number of aryl methyl sites for hydroxylation is 1. The molecule has 0 radical (unpaired) electrons. The zero-order valence-corrected chi connectivity index (χ0v) is 14.5. The maximum atomic E-state index is 12.1. The zero-order chi connectivity index (χ0) is 17.5. The van der Waals surface area contributed by atoms with Gasteiger partial charge in [0, 0.05) is 10.6 Å². The van der Waals surface area contributed by atoms with Crippen LogP contribution in [0.4, 0.5) is 0 Å². The predicted molar refractivity (Wildman–Crippen MR) is 95.0 cm³/mol. The van der Waals surface area contributed by atoms with Crippen LogP contribution in [0.3, 0.4) is 0 Å². The van der Waals surface area contributed by atoms with Gasteiger partial charge >= 0.3 is 0 Å². The number of benzene rings is 2. The molecule has 0 bridgehead atoms. The van der Waals surface area contributed by atoms with Crippen LogP contribution < -0.4 is 14.9 Å². The number of halogens is 1. The minimum Gasteiger partial charge on any atom is -0.496 e. The second-order valence-electron chi connectivity index (χ2n) is 5.15. The second kappa shape index (κ2) is 8.36. The first kappa shape index (κ1) is 17.8. The molecule has 1 unspecified atom stereocenters. The molecule has 1 atom stereocenters. The van der Waals surface area contributed by atoms with Crippen molar-refractivity contribution in [3.05, 3.63) is 58.6 Å². The third-order valence-electron chi connectivity index (χ3n) is 3.33. The number of amides is 1. The van der Waals surface area contributed by atoms with E-state index in [2.05, 4.69) is 10.5 Å². The molecule has 0 spiro atoms. The number of hydrogen-bond donors (Lipinski definition) is 1. The number of rotatable bonds is 6. The molecule has 2 aromatic carbocycles. The van der Waals surface area contributed by atoms with Crippen LogP contribution in [0, 0.1) is 6.92 Å². The summed E-state index contributed by atoms with van der Waals surface area (Å²) in [4.78, 5) is 12.1. The Morgan fingerprint density at radius 2 is 2.00 bits per heavy atom. The third-order valence-corrected chi connectivity index (χ3v) is 3.56. The summed E-state index contributed by atoms with van der Waals surface area (Å²) in [6, 6.07) is 12.6. The molecular weight excluding hydrogens is 328 g/mol. The summed E-state index contributed by atoms with van der Waals surface area (Å²) in [6.45, 7) is 3.52. The first-order valence-corrected chi connectivity index (χ1v) is 7.78. The number of nitrogens with zero attached hydrogens (tertiary/aromatic N) is 1. The topological polar surface area (TPSA) is 59.9 Å². The van der Waals surface area contributed by atoms with E-state index >= 15 is 0 Å². The Morgan fingerprint density at radius 3 is 2.71 bits per heavy atom. The molecule has 5 nitrogen and oxygen atoms in total. The Kier molecular flexibility index (Phi) is 6.21. The number of methoxy groups -OCH3 is 1. The third kappa shape index (κ3) is 4.73. The average molecular weight is 347 g/mol. The number of carbonyl (C=O) groups is 1. The minimum atomic E-state index is -0.695. The van der Waals surface area contributed by atoms with E-state index < -0.39 is 6.10 Å². The highest BCUT2D eigenvalue weighted by Crippen LogP contribution is 2.22. The largest absolute Gasteiger partial charge is 0.496 e. The lowest BCUT2D eigenvalue weighted by atomic mass is 10.2. The molecule has 0 aromatic heterocycles. The van der Waals surface area contributed by atoms with Crippen molar-refractivity contribution >= 4 is 23.7 Å². The SMILES string of the molecule is COc1ccccc1/C=N/NC(=O)C(C)Oc1ccc(Cl)cc1C. The lowest BCUT2D eigenvalue weighted by Gasteiger charge is -2.15. The van der Waals surface area contributed by atoms with Crippen molar-refractivity contribution < 1.29 is 14.3 Å². The van der Waals surface area contributed by atoms with Crippen molar-refractivity contribution in [3.8, 4) is 11.5 Å². The number of nitrogens with one attached hydrogen (secondary N) is 1. The molecule has 2 rings (SSSR count). The van der Waals surface area contributed by atoms with Gasteiger partial charge in [-0.05, 0) is 49.7 Å². The first-order valence-electron chi connectivity index (χ1n) is 7.40. The highest BCUT2D eigenvalue weighted by molar-refractivity contribution is 6.30. The van der Waals surface area contributed by atoms with Crippen molar-refractivity contribution in [2.75, 3.05) is 7.11 Å². The molecule has 24 heavy (non-hydrogen) atoms. The van der Waals surface area contributed by atoms with Gasteiger partial charge in [0.2, 0.25) is 0 Å². The summed E-state index contributed by atoms with van der Waals surface area (Å²) in [7, 11) is 1.58. The van der Waals surface area contributed by atoms with Gasteiger partial charge in [-0.25, -0.2) is 5.43 Å². The van der Waals surface area contributed by atoms with Crippen LogP contribution in [0.5, 0.6) is 11.5 Å². The molecule has 0 heterocycles. The van der Waals surface area contributed by atoms with Gasteiger partial charge in [-0.15, -0.1) is 0 Å². The number of hydrazone groups is 1. The van der Waals surface area contributed by atoms with Crippen LogP contribution in [-0.2, 0) is 4.79 Å². The van der Waals surface area contributed by atoms with Crippen LogP contribution in [0.1, 0.15) is 18.1 Å². The Hall–Kier alpha value is -2.53. The van der Waals surface area contributed by atoms with Crippen LogP contribution >= 0.6 is 11.6 Å². The summed E-state index contributed by atoms with van der Waals surface area (Å²) in [6.07, 6.45) is 0.830. The molecule has 0 fully saturated rings. The van der Waals surface area contributed by atoms with E-state index in [0.29, 0.717) is 16.5 Å². The van der Waals surface area contributed by atoms with Crippen LogP contribution in [0.2, 0.25) is 5.02 Å². The fourth-order valence-electron chi connectivity index (χ4n) is 2.02. The number of ether oxygens (including phenoxy) is 2. The van der Waals surface area contributed by atoms with Crippen molar-refractivity contribution in [1.29, 1.82) is 0 Å². The summed E-state index contributed by atoms with van der Waals surface area (Å²) >= 11 is 5.90. The fourth-order valence-corrected chi connectivity index (χ4v) is 2.25. The zero-order valence-electron chi connectivity index (χ0n) is 13.7. The van der Waals surface area contributed by atoms with Gasteiger partial charge in [-0.1, -0.05) is 23.7 Å². The lowest BCUT2D eigenvalue weighted by molar-refractivity contribution is -0.127. The van der Waals surface area contributed by atoms with Gasteiger partial charge in [0.15, 0.2) is 6.10 Å². The molecule has 126 valence electrons. The van der Waals surface area contributed by atoms with Gasteiger partial charge in [0.05, 0.1) is 13.3 Å². The Labute approximate surface area is 146 Å². The Balaban J connectivity index is 1.95. The first-order chi connectivity index (χ1) is 11.5. The Bertz CT molecular complexity index is 747. The molecule has 1 N–H and O–H groups in total. The van der Waals surface area contributed by atoms with E-state index in [0.717, 1.165) is 11.1 Å². The molecule has 0 saturated carbocycles. The van der Waals surface area contributed by atoms with E-state index in [1.807, 2.05) is 31.2 Å². The minimum absolute atomic E-state index is 0.351. The highest BCUT2D eigenvalue weighted by atomic mass is 35.5. The van der Waals surface area contributed by atoms with Gasteiger partial charge < -0.3 is 9.47 Å². The van der Waals surface area contributed by atoms with Crippen molar-refractivity contribution in [2.24, 2.45) is 5.10 Å². The molecule has 1 amide bonds. The summed E-state index contributed by atoms with van der Waals surface area (Å²) < 4.78 is 10.9. The van der Waals surface area contributed by atoms with Gasteiger partial charge in [-0.2, -0.15) is 5.10 Å². The van der Waals surface area contributed by atoms with Crippen molar-refractivity contribution in [3.63, 3.8) is 0 Å². The number of hydrogen-bond acceptors (Lipinski definition) is 4. The van der Waals surface area contributed by atoms with E-state index in [1.54, 1.807) is 32.2 Å². The molecule has 0 saturated heterocycles. The standard InChI is InChI=1S/C18H19ClN2O3/c1-12-10-15(19)8-9-16(12)24-13(2)18(22)21-20-11-14-6-4-5-7-17(14)23-3/h4-11,13H,1-3H3,(H,21,22)/b20-11+.